The zero-order valence-electron chi connectivity index (χ0n) is 35.6. The molecule has 4 heteroatoms. The van der Waals surface area contributed by atoms with Crippen LogP contribution < -0.4 is 14.5 Å². The van der Waals surface area contributed by atoms with Crippen LogP contribution in [0.3, 0.4) is 0 Å². The quantitative estimate of drug-likeness (QED) is 0.143. The van der Waals surface area contributed by atoms with Crippen molar-refractivity contribution in [2.75, 3.05) is 9.80 Å². The summed E-state index contributed by atoms with van der Waals surface area (Å²) in [6.07, 6.45) is 16.1. The van der Waals surface area contributed by atoms with E-state index in [1.807, 2.05) is 0 Å². The molecule has 308 valence electrons. The monoisotopic (exact) mass is 826 g/mol. The van der Waals surface area contributed by atoms with Gasteiger partial charge >= 0.3 is 0 Å². The van der Waals surface area contributed by atoms with Gasteiger partial charge in [-0.1, -0.05) is 134 Å². The van der Waals surface area contributed by atoms with E-state index in [-0.39, 0.29) is 12.0 Å². The number of nitrogens with zero attached hydrogens (tertiary/aromatic N) is 2. The summed E-state index contributed by atoms with van der Waals surface area (Å²) in [6.45, 7) is 0. The standard InChI is InChI=1S/C60H46N2O2/c1-3-19-39(20-4-1)61(51-27-13-25-45-41-23-7-9-29-55(41)63-59(45)51)53-35-49(37-15-11-16-37)43-32-34-48-54(36-50(38-17-12-18-38)44-31-33-47(53)57(43)58(44)48)62(40-21-5-2-6-22-40)52-28-14-26-46-42-24-8-10-30-56(42)64-60(46)52/h1-10,13-14,19-38,41,55H,11-12,15-18H2. The number of anilines is 6. The molecule has 14 rings (SSSR count). The highest BCUT2D eigenvalue weighted by Crippen LogP contribution is 2.56. The van der Waals surface area contributed by atoms with Gasteiger partial charge in [-0.25, -0.2) is 0 Å². The minimum atomic E-state index is -0.00742. The Labute approximate surface area is 372 Å². The van der Waals surface area contributed by atoms with Gasteiger partial charge in [0.2, 0.25) is 0 Å². The predicted molar refractivity (Wildman–Crippen MR) is 265 cm³/mol. The predicted octanol–water partition coefficient (Wildman–Crippen LogP) is 16.9. The Kier molecular flexibility index (Phi) is 7.98. The summed E-state index contributed by atoms with van der Waals surface area (Å²) < 4.78 is 13.8. The van der Waals surface area contributed by atoms with Gasteiger partial charge in [-0.3, -0.25) is 0 Å². The Morgan fingerprint density at radius 3 is 1.61 bits per heavy atom. The van der Waals surface area contributed by atoms with Gasteiger partial charge in [0.25, 0.3) is 0 Å². The van der Waals surface area contributed by atoms with Crippen molar-refractivity contribution in [3.8, 4) is 5.75 Å². The minimum Gasteiger partial charge on any atom is -0.483 e. The molecular weight excluding hydrogens is 781 g/mol. The maximum atomic E-state index is 6.94. The van der Waals surface area contributed by atoms with E-state index < -0.39 is 0 Å². The summed E-state index contributed by atoms with van der Waals surface area (Å²) in [7, 11) is 0. The number of hydrogen-bond acceptors (Lipinski definition) is 4. The summed E-state index contributed by atoms with van der Waals surface area (Å²) in [6, 6.07) is 58.6. The van der Waals surface area contributed by atoms with Gasteiger partial charge in [0.15, 0.2) is 5.58 Å². The molecule has 0 saturated heterocycles. The smallest absolute Gasteiger partial charge is 0.159 e. The topological polar surface area (TPSA) is 28.9 Å². The first-order chi connectivity index (χ1) is 31.8. The van der Waals surface area contributed by atoms with Crippen molar-refractivity contribution in [2.45, 2.75) is 62.4 Å². The Balaban J connectivity index is 1.09. The molecule has 0 spiro atoms. The molecule has 2 saturated carbocycles. The molecule has 0 amide bonds. The second-order valence-electron chi connectivity index (χ2n) is 18.5. The second-order valence-corrected chi connectivity index (χ2v) is 18.5. The first-order valence-corrected chi connectivity index (χ1v) is 23.3. The van der Waals surface area contributed by atoms with Crippen molar-refractivity contribution < 1.29 is 9.15 Å². The fourth-order valence-corrected chi connectivity index (χ4v) is 11.6. The Hall–Kier alpha value is -7.30. The molecule has 0 bridgehead atoms. The fourth-order valence-electron chi connectivity index (χ4n) is 11.6. The summed E-state index contributed by atoms with van der Waals surface area (Å²) in [5.74, 6) is 2.19. The summed E-state index contributed by atoms with van der Waals surface area (Å²) in [5.41, 5.74) is 12.7. The molecule has 1 aliphatic heterocycles. The molecule has 4 nitrogen and oxygen atoms in total. The molecule has 2 heterocycles. The van der Waals surface area contributed by atoms with Crippen molar-refractivity contribution in [1.29, 1.82) is 0 Å². The van der Waals surface area contributed by atoms with E-state index in [0.29, 0.717) is 11.8 Å². The van der Waals surface area contributed by atoms with Gasteiger partial charge in [-0.15, -0.1) is 0 Å². The van der Waals surface area contributed by atoms with Gasteiger partial charge in [-0.05, 0) is 131 Å². The van der Waals surface area contributed by atoms with Crippen LogP contribution in [0.25, 0.3) is 54.3 Å². The summed E-state index contributed by atoms with van der Waals surface area (Å²) in [4.78, 5) is 4.99. The second kappa shape index (κ2) is 14.1. The van der Waals surface area contributed by atoms with Crippen molar-refractivity contribution in [3.63, 3.8) is 0 Å². The molecule has 64 heavy (non-hydrogen) atoms. The number of hydrogen-bond donors (Lipinski definition) is 0. The Morgan fingerprint density at radius 2 is 0.969 bits per heavy atom. The van der Waals surface area contributed by atoms with Gasteiger partial charge in [0.1, 0.15) is 17.4 Å². The highest BCUT2D eigenvalue weighted by Gasteiger charge is 2.37. The fraction of sp³-hybridized carbons (Fsp3) is 0.167. The number of fused-ring (bicyclic) bond motifs is 6. The molecule has 2 unspecified atom stereocenters. The van der Waals surface area contributed by atoms with Crippen LogP contribution in [-0.2, 0) is 0 Å². The Bertz CT molecular complexity index is 3520. The van der Waals surface area contributed by atoms with Crippen molar-refractivity contribution >= 4 is 88.4 Å². The third-order valence-corrected chi connectivity index (χ3v) is 15.1. The van der Waals surface area contributed by atoms with Crippen LogP contribution in [0.4, 0.5) is 34.1 Å². The van der Waals surface area contributed by atoms with Gasteiger partial charge in [0, 0.05) is 44.4 Å². The highest BCUT2D eigenvalue weighted by molar-refractivity contribution is 6.30. The zero-order valence-corrected chi connectivity index (χ0v) is 35.6. The van der Waals surface area contributed by atoms with E-state index >= 15 is 0 Å². The van der Waals surface area contributed by atoms with E-state index in [0.717, 1.165) is 50.4 Å². The Morgan fingerprint density at radius 1 is 0.422 bits per heavy atom. The molecule has 9 aromatic carbocycles. The normalized spacial score (nSPS) is 18.1. The van der Waals surface area contributed by atoms with Crippen LogP contribution in [0.2, 0.25) is 0 Å². The molecule has 2 fully saturated rings. The lowest BCUT2D eigenvalue weighted by atomic mass is 9.74. The first kappa shape index (κ1) is 36.2. The van der Waals surface area contributed by atoms with Gasteiger partial charge < -0.3 is 19.0 Å². The van der Waals surface area contributed by atoms with Crippen molar-refractivity contribution in [2.24, 2.45) is 0 Å². The maximum Gasteiger partial charge on any atom is 0.159 e. The maximum absolute atomic E-state index is 6.94. The highest BCUT2D eigenvalue weighted by atomic mass is 16.5. The van der Waals surface area contributed by atoms with Crippen LogP contribution in [-0.4, -0.2) is 6.10 Å². The van der Waals surface area contributed by atoms with Gasteiger partial charge in [-0.2, -0.15) is 0 Å². The van der Waals surface area contributed by atoms with E-state index in [1.54, 1.807) is 0 Å². The third-order valence-electron chi connectivity index (χ3n) is 15.1. The number of ether oxygens (including phenoxy) is 1. The lowest BCUT2D eigenvalue weighted by Gasteiger charge is -2.35. The van der Waals surface area contributed by atoms with E-state index in [4.69, 9.17) is 9.15 Å². The van der Waals surface area contributed by atoms with Crippen LogP contribution in [0.1, 0.15) is 73.0 Å². The van der Waals surface area contributed by atoms with Crippen molar-refractivity contribution in [3.05, 3.63) is 199 Å². The van der Waals surface area contributed by atoms with Crippen molar-refractivity contribution in [1.82, 2.24) is 0 Å². The largest absolute Gasteiger partial charge is 0.483 e. The van der Waals surface area contributed by atoms with E-state index in [9.17, 15) is 0 Å². The average Bonchev–Trinajstić information content (AvgIpc) is 3.89. The molecule has 1 aromatic heterocycles. The number of furan rings is 1. The van der Waals surface area contributed by atoms with Crippen LogP contribution in [0, 0.1) is 0 Å². The third kappa shape index (κ3) is 5.29. The van der Waals surface area contributed by atoms with Crippen LogP contribution >= 0.6 is 0 Å². The van der Waals surface area contributed by atoms with E-state index in [2.05, 4.69) is 192 Å². The summed E-state index contributed by atoms with van der Waals surface area (Å²) in [5, 5.41) is 10.3. The SMILES string of the molecule is C1=CC2Oc3c(cccc3N(c3ccccc3)c3cc(C4CCC4)c4ccc5c(N(c6ccccc6)c6cccc7c6oc6ccccc67)cc(C6CCC6)c6ccc3c4c65)C2C=C1. The number of allylic oxidation sites excluding steroid dienone is 2. The average molecular weight is 827 g/mol. The molecule has 0 N–H and O–H groups in total. The molecule has 2 atom stereocenters. The summed E-state index contributed by atoms with van der Waals surface area (Å²) >= 11 is 0. The lowest BCUT2D eigenvalue weighted by molar-refractivity contribution is 0.269. The van der Waals surface area contributed by atoms with Crippen LogP contribution in [0.5, 0.6) is 5.75 Å². The molecular formula is C60H46N2O2. The van der Waals surface area contributed by atoms with Gasteiger partial charge in [0.05, 0.1) is 22.7 Å². The van der Waals surface area contributed by atoms with E-state index in [1.165, 1.54) is 98.9 Å². The number of benzene rings is 9. The number of rotatable bonds is 8. The first-order valence-electron chi connectivity index (χ1n) is 23.3. The lowest BCUT2D eigenvalue weighted by Crippen LogP contribution is -2.17. The number of para-hydroxylation sites is 5. The molecule has 4 aliphatic rings. The zero-order chi connectivity index (χ0) is 41.9. The van der Waals surface area contributed by atoms with Crippen LogP contribution in [0.15, 0.2) is 186 Å². The minimum absolute atomic E-state index is 0.00742. The molecule has 0 radical (unpaired) electrons. The molecule has 3 aliphatic carbocycles. The molecule has 10 aromatic rings.